The molecule has 27 heavy (non-hydrogen) atoms. The first-order chi connectivity index (χ1) is 13.0. The summed E-state index contributed by atoms with van der Waals surface area (Å²) in [5.41, 5.74) is 3.94. The fourth-order valence-electron chi connectivity index (χ4n) is 3.23. The Bertz CT molecular complexity index is 1060. The molecule has 0 aliphatic carbocycles. The predicted molar refractivity (Wildman–Crippen MR) is 113 cm³/mol. The second kappa shape index (κ2) is 7.26. The molecule has 4 rings (SSSR count). The Morgan fingerprint density at radius 1 is 1.22 bits per heavy atom. The van der Waals surface area contributed by atoms with Crippen molar-refractivity contribution in [1.29, 1.82) is 0 Å². The lowest BCUT2D eigenvalue weighted by Gasteiger charge is -2.30. The van der Waals surface area contributed by atoms with Crippen molar-refractivity contribution in [1.82, 2.24) is 19.7 Å². The van der Waals surface area contributed by atoms with Gasteiger partial charge >= 0.3 is 0 Å². The minimum Gasteiger partial charge on any atom is -0.351 e. The van der Waals surface area contributed by atoms with E-state index in [0.29, 0.717) is 15.4 Å². The van der Waals surface area contributed by atoms with Crippen LogP contribution in [0.15, 0.2) is 46.1 Å². The molecule has 2 aromatic heterocycles. The molecular weight excluding hydrogens is 449 g/mol. The highest BCUT2D eigenvalue weighted by molar-refractivity contribution is 9.10. The molecule has 0 atom stereocenters. The van der Waals surface area contributed by atoms with Gasteiger partial charge in [-0.3, -0.25) is 0 Å². The third-order valence-electron chi connectivity index (χ3n) is 4.45. The highest BCUT2D eigenvalue weighted by Crippen LogP contribution is 2.34. The van der Waals surface area contributed by atoms with Crippen molar-refractivity contribution in [2.75, 3.05) is 6.54 Å². The van der Waals surface area contributed by atoms with Crippen LogP contribution in [0.1, 0.15) is 23.7 Å². The van der Waals surface area contributed by atoms with Crippen molar-refractivity contribution in [3.63, 3.8) is 0 Å². The number of benzene rings is 1. The smallest absolute Gasteiger partial charge is 0.172 e. The predicted octanol–water partition coefficient (Wildman–Crippen LogP) is 5.56. The van der Waals surface area contributed by atoms with E-state index in [-0.39, 0.29) is 0 Å². The van der Waals surface area contributed by atoms with Crippen molar-refractivity contribution in [3.05, 3.63) is 68.0 Å². The standard InChI is InChI=1S/C19H16BrCl2N5/c1-3-26-10-12-8-13(21)7-11(2)17(12)24-19(26)15-9-16(20)25-27(15)18-14(22)5-4-6-23-18/h4-9H,3,10H2,1-2H3. The third-order valence-corrected chi connectivity index (χ3v) is 5.35. The number of fused-ring (bicyclic) bond motifs is 1. The summed E-state index contributed by atoms with van der Waals surface area (Å²) in [7, 11) is 0. The Kier molecular flexibility index (Phi) is 4.97. The van der Waals surface area contributed by atoms with Gasteiger partial charge in [0.2, 0.25) is 0 Å². The number of halogens is 3. The Morgan fingerprint density at radius 3 is 2.78 bits per heavy atom. The molecule has 0 unspecified atom stereocenters. The molecule has 8 heteroatoms. The molecule has 0 fully saturated rings. The number of aryl methyl sites for hydroxylation is 1. The van der Waals surface area contributed by atoms with Crippen molar-refractivity contribution in [3.8, 4) is 5.82 Å². The lowest BCUT2D eigenvalue weighted by Crippen LogP contribution is -2.35. The first kappa shape index (κ1) is 18.5. The average Bonchev–Trinajstić information content (AvgIpc) is 3.02. The SMILES string of the molecule is CCN1Cc2cc(Cl)cc(C)c2N=C1c1cc(Br)nn1-c1ncccc1Cl. The molecule has 5 nitrogen and oxygen atoms in total. The van der Waals surface area contributed by atoms with E-state index in [0.717, 1.165) is 46.5 Å². The van der Waals surface area contributed by atoms with Crippen molar-refractivity contribution >= 4 is 50.7 Å². The number of nitrogens with zero attached hydrogens (tertiary/aromatic N) is 5. The van der Waals surface area contributed by atoms with Crippen LogP contribution in [0.2, 0.25) is 10.0 Å². The van der Waals surface area contributed by atoms with Gasteiger partial charge in [-0.1, -0.05) is 23.2 Å². The number of rotatable bonds is 3. The zero-order chi connectivity index (χ0) is 19.1. The van der Waals surface area contributed by atoms with Gasteiger partial charge < -0.3 is 4.90 Å². The zero-order valence-corrected chi connectivity index (χ0v) is 17.8. The lowest BCUT2D eigenvalue weighted by atomic mass is 10.1. The molecule has 0 amide bonds. The summed E-state index contributed by atoms with van der Waals surface area (Å²) in [5, 5.41) is 5.79. The number of aliphatic imine (C=N–C) groups is 1. The molecule has 0 saturated heterocycles. The van der Waals surface area contributed by atoms with E-state index in [1.807, 2.05) is 25.1 Å². The van der Waals surface area contributed by atoms with Gasteiger partial charge in [-0.2, -0.15) is 5.10 Å². The van der Waals surface area contributed by atoms with Gasteiger partial charge in [-0.25, -0.2) is 14.7 Å². The highest BCUT2D eigenvalue weighted by Gasteiger charge is 2.26. The highest BCUT2D eigenvalue weighted by atomic mass is 79.9. The van der Waals surface area contributed by atoms with Crippen LogP contribution < -0.4 is 0 Å². The molecule has 0 bridgehead atoms. The average molecular weight is 465 g/mol. The second-order valence-corrected chi connectivity index (χ2v) is 7.91. The summed E-state index contributed by atoms with van der Waals surface area (Å²) >= 11 is 16.1. The topological polar surface area (TPSA) is 46.3 Å². The normalized spacial score (nSPS) is 13.5. The first-order valence-corrected chi connectivity index (χ1v) is 10.0. The van der Waals surface area contributed by atoms with Gasteiger partial charge in [-0.15, -0.1) is 0 Å². The molecule has 0 radical (unpaired) electrons. The minimum absolute atomic E-state index is 0.525. The quantitative estimate of drug-likeness (QED) is 0.509. The maximum absolute atomic E-state index is 6.37. The second-order valence-electron chi connectivity index (χ2n) is 6.25. The molecule has 3 heterocycles. The van der Waals surface area contributed by atoms with E-state index in [4.69, 9.17) is 28.2 Å². The van der Waals surface area contributed by atoms with Crippen molar-refractivity contribution in [2.24, 2.45) is 4.99 Å². The Labute approximate surface area is 175 Å². The van der Waals surface area contributed by atoms with Crippen LogP contribution in [0.4, 0.5) is 5.69 Å². The number of hydrogen-bond donors (Lipinski definition) is 0. The van der Waals surface area contributed by atoms with E-state index in [2.05, 4.69) is 37.8 Å². The molecule has 0 N–H and O–H groups in total. The Hall–Kier alpha value is -1.89. The van der Waals surface area contributed by atoms with Crippen LogP contribution in [0.3, 0.4) is 0 Å². The Morgan fingerprint density at radius 2 is 2.04 bits per heavy atom. The van der Waals surface area contributed by atoms with Gasteiger partial charge in [0, 0.05) is 30.4 Å². The van der Waals surface area contributed by atoms with Gasteiger partial charge in [0.1, 0.15) is 10.3 Å². The summed E-state index contributed by atoms with van der Waals surface area (Å²) in [4.78, 5) is 11.6. The molecule has 1 aromatic carbocycles. The van der Waals surface area contributed by atoms with E-state index in [1.165, 1.54) is 0 Å². The van der Waals surface area contributed by atoms with Gasteiger partial charge in [0.25, 0.3) is 0 Å². The first-order valence-electron chi connectivity index (χ1n) is 8.47. The van der Waals surface area contributed by atoms with E-state index < -0.39 is 0 Å². The summed E-state index contributed by atoms with van der Waals surface area (Å²) in [6.45, 7) is 5.64. The van der Waals surface area contributed by atoms with Crippen LogP contribution in [0.5, 0.6) is 0 Å². The minimum atomic E-state index is 0.525. The summed E-state index contributed by atoms with van der Waals surface area (Å²) < 4.78 is 2.42. The molecule has 0 spiro atoms. The van der Waals surface area contributed by atoms with Crippen LogP contribution in [0.25, 0.3) is 5.82 Å². The molecule has 0 saturated carbocycles. The monoisotopic (exact) mass is 463 g/mol. The maximum Gasteiger partial charge on any atom is 0.172 e. The molecule has 138 valence electrons. The Balaban J connectivity index is 1.92. The summed E-state index contributed by atoms with van der Waals surface area (Å²) in [5.74, 6) is 1.40. The fourth-order valence-corrected chi connectivity index (χ4v) is 4.10. The molecule has 3 aromatic rings. The summed E-state index contributed by atoms with van der Waals surface area (Å²) in [6, 6.07) is 9.44. The maximum atomic E-state index is 6.37. The van der Waals surface area contributed by atoms with E-state index >= 15 is 0 Å². The molecular formula is C19H16BrCl2N5. The lowest BCUT2D eigenvalue weighted by molar-refractivity contribution is 0.428. The fraction of sp³-hybridized carbons (Fsp3) is 0.211. The van der Waals surface area contributed by atoms with Gasteiger partial charge in [0.05, 0.1) is 10.7 Å². The summed E-state index contributed by atoms with van der Waals surface area (Å²) in [6.07, 6.45) is 1.70. The largest absolute Gasteiger partial charge is 0.351 e. The van der Waals surface area contributed by atoms with E-state index in [9.17, 15) is 0 Å². The zero-order valence-electron chi connectivity index (χ0n) is 14.7. The van der Waals surface area contributed by atoms with Gasteiger partial charge in [0.15, 0.2) is 11.7 Å². The van der Waals surface area contributed by atoms with Crippen molar-refractivity contribution in [2.45, 2.75) is 20.4 Å². The van der Waals surface area contributed by atoms with Gasteiger partial charge in [-0.05, 0) is 65.2 Å². The third kappa shape index (κ3) is 3.37. The number of hydrogen-bond acceptors (Lipinski definition) is 4. The number of amidine groups is 1. The van der Waals surface area contributed by atoms with Crippen LogP contribution >= 0.6 is 39.1 Å². The molecule has 1 aliphatic rings. The number of pyridine rings is 1. The van der Waals surface area contributed by atoms with Crippen LogP contribution in [-0.2, 0) is 6.54 Å². The van der Waals surface area contributed by atoms with E-state index in [1.54, 1.807) is 23.0 Å². The number of aromatic nitrogens is 3. The van der Waals surface area contributed by atoms with Crippen LogP contribution in [0, 0.1) is 6.92 Å². The van der Waals surface area contributed by atoms with Crippen LogP contribution in [-0.4, -0.2) is 32.0 Å². The van der Waals surface area contributed by atoms with Crippen molar-refractivity contribution < 1.29 is 0 Å². The molecule has 1 aliphatic heterocycles.